The number of carbonyl (C=O) groups is 2. The van der Waals surface area contributed by atoms with Crippen LogP contribution in [0.1, 0.15) is 6.42 Å². The molecule has 0 spiro atoms. The fourth-order valence-electron chi connectivity index (χ4n) is 1.43. The number of carbonyl (C=O) groups excluding carboxylic acids is 2. The monoisotopic (exact) mass is 157 g/mol. The lowest BCUT2D eigenvalue weighted by Crippen LogP contribution is -2.68. The predicted octanol–water partition coefficient (Wildman–Crippen LogP) is -1.84. The first-order valence-corrected chi connectivity index (χ1v) is 3.32. The van der Waals surface area contributed by atoms with Gasteiger partial charge in [-0.2, -0.15) is 0 Å². The minimum atomic E-state index is -1.10. The van der Waals surface area contributed by atoms with E-state index in [4.69, 9.17) is 5.11 Å². The second kappa shape index (κ2) is 1.73. The normalized spacial score (nSPS) is 40.6. The number of ether oxygens (including phenoxy) is 1. The number of fused-ring (bicyclic) bond motifs is 1. The Morgan fingerprint density at radius 3 is 2.82 bits per heavy atom. The third kappa shape index (κ3) is 0.586. The average Bonchev–Trinajstić information content (AvgIpc) is 2.23. The van der Waals surface area contributed by atoms with Gasteiger partial charge >= 0.3 is 5.97 Å². The maximum atomic E-state index is 10.8. The molecule has 2 aliphatic heterocycles. The van der Waals surface area contributed by atoms with E-state index in [1.165, 1.54) is 0 Å². The molecule has 1 amide bonds. The molecule has 5 heteroatoms. The Labute approximate surface area is 62.3 Å². The van der Waals surface area contributed by atoms with Gasteiger partial charge in [-0.3, -0.25) is 4.79 Å². The molecule has 0 aromatic heterocycles. The lowest BCUT2D eigenvalue weighted by molar-refractivity contribution is -0.191. The van der Waals surface area contributed by atoms with Crippen LogP contribution in [-0.4, -0.2) is 35.2 Å². The summed E-state index contributed by atoms with van der Waals surface area (Å²) in [6.07, 6.45) is -0.278. The topological polar surface area (TPSA) is 75.6 Å². The van der Waals surface area contributed by atoms with E-state index in [1.54, 1.807) is 0 Å². The highest BCUT2D eigenvalue weighted by Crippen LogP contribution is 2.34. The van der Waals surface area contributed by atoms with Gasteiger partial charge in [0.25, 0.3) is 0 Å². The van der Waals surface area contributed by atoms with Crippen LogP contribution in [0, 0.1) is 0 Å². The van der Waals surface area contributed by atoms with Gasteiger partial charge in [-0.25, -0.2) is 4.79 Å². The third-order valence-corrected chi connectivity index (χ3v) is 2.15. The molecule has 5 nitrogen and oxygen atoms in total. The van der Waals surface area contributed by atoms with Gasteiger partial charge < -0.3 is 15.2 Å². The molecule has 0 saturated carbocycles. The number of hydrogen-bond donors (Lipinski definition) is 2. The van der Waals surface area contributed by atoms with Crippen molar-refractivity contribution in [1.29, 1.82) is 0 Å². The Morgan fingerprint density at radius 2 is 2.45 bits per heavy atom. The molecule has 2 heterocycles. The second-order valence-corrected chi connectivity index (χ2v) is 2.78. The van der Waals surface area contributed by atoms with E-state index < -0.39 is 17.6 Å². The van der Waals surface area contributed by atoms with Gasteiger partial charge in [0, 0.05) is 0 Å². The third-order valence-electron chi connectivity index (χ3n) is 2.15. The zero-order valence-electron chi connectivity index (χ0n) is 5.66. The molecule has 2 atom stereocenters. The molecule has 2 aliphatic rings. The highest BCUT2D eigenvalue weighted by atomic mass is 16.6. The van der Waals surface area contributed by atoms with E-state index in [1.807, 2.05) is 0 Å². The van der Waals surface area contributed by atoms with Crippen molar-refractivity contribution in [2.24, 2.45) is 0 Å². The maximum absolute atomic E-state index is 10.8. The molecular formula is C6H7NO4. The summed E-state index contributed by atoms with van der Waals surface area (Å²) in [5.41, 5.74) is -1.10. The summed E-state index contributed by atoms with van der Waals surface area (Å²) in [6, 6.07) is 0. The van der Waals surface area contributed by atoms with Gasteiger partial charge in [0.2, 0.25) is 5.91 Å². The lowest BCUT2D eigenvalue weighted by atomic mass is 9.90. The van der Waals surface area contributed by atoms with Gasteiger partial charge in [-0.15, -0.1) is 0 Å². The van der Waals surface area contributed by atoms with Crippen LogP contribution in [0.15, 0.2) is 0 Å². The van der Waals surface area contributed by atoms with E-state index in [-0.39, 0.29) is 18.9 Å². The Balaban J connectivity index is 2.28. The number of nitrogens with one attached hydrogen (secondary N) is 1. The molecule has 2 unspecified atom stereocenters. The summed E-state index contributed by atoms with van der Waals surface area (Å²) >= 11 is 0. The van der Waals surface area contributed by atoms with E-state index >= 15 is 0 Å². The Hall–Kier alpha value is -1.10. The molecule has 2 N–H and O–H groups in total. The largest absolute Gasteiger partial charge is 0.457 e. The molecule has 0 bridgehead atoms. The molecule has 2 fully saturated rings. The molecule has 2 rings (SSSR count). The van der Waals surface area contributed by atoms with Crippen molar-refractivity contribution in [2.75, 3.05) is 6.61 Å². The summed E-state index contributed by atoms with van der Waals surface area (Å²) in [5.74, 6) is -0.772. The van der Waals surface area contributed by atoms with E-state index in [0.29, 0.717) is 0 Å². The summed E-state index contributed by atoms with van der Waals surface area (Å²) in [5, 5.41) is 11.2. The van der Waals surface area contributed by atoms with E-state index in [0.717, 1.165) is 0 Å². The van der Waals surface area contributed by atoms with Gasteiger partial charge in [-0.05, 0) is 0 Å². The number of hydrogen-bond acceptors (Lipinski definition) is 4. The molecule has 0 aromatic rings. The van der Waals surface area contributed by atoms with Gasteiger partial charge in [0.05, 0.1) is 13.0 Å². The minimum absolute atomic E-state index is 0.173. The molecular weight excluding hydrogens is 150 g/mol. The molecule has 11 heavy (non-hydrogen) atoms. The van der Waals surface area contributed by atoms with Crippen LogP contribution in [0.25, 0.3) is 0 Å². The van der Waals surface area contributed by atoms with Crippen LogP contribution in [0.3, 0.4) is 0 Å². The first kappa shape index (κ1) is 6.60. The molecule has 0 aromatic carbocycles. The summed E-state index contributed by atoms with van der Waals surface area (Å²) in [7, 11) is 0. The maximum Gasteiger partial charge on any atom is 0.338 e. The van der Waals surface area contributed by atoms with Crippen molar-refractivity contribution < 1.29 is 19.4 Å². The van der Waals surface area contributed by atoms with Crippen LogP contribution in [0.5, 0.6) is 0 Å². The quantitative estimate of drug-likeness (QED) is 0.439. The zero-order valence-corrected chi connectivity index (χ0v) is 5.66. The number of amides is 1. The SMILES string of the molecule is O=C1CC2OC(=O)C2(CO)N1. The van der Waals surface area contributed by atoms with Crippen LogP contribution < -0.4 is 5.32 Å². The van der Waals surface area contributed by atoms with Crippen molar-refractivity contribution in [3.8, 4) is 0 Å². The van der Waals surface area contributed by atoms with Crippen molar-refractivity contribution in [1.82, 2.24) is 5.32 Å². The molecule has 0 aliphatic carbocycles. The number of aliphatic hydroxyl groups excluding tert-OH is 1. The highest BCUT2D eigenvalue weighted by Gasteiger charge is 2.63. The fraction of sp³-hybridized carbons (Fsp3) is 0.667. The van der Waals surface area contributed by atoms with Gasteiger partial charge in [0.1, 0.15) is 6.10 Å². The average molecular weight is 157 g/mol. The first-order chi connectivity index (χ1) is 5.19. The van der Waals surface area contributed by atoms with Crippen molar-refractivity contribution in [3.05, 3.63) is 0 Å². The lowest BCUT2D eigenvalue weighted by Gasteiger charge is -2.39. The standard InChI is InChI=1S/C6H7NO4/c8-2-6-3(11-5(6)10)1-4(9)7-6/h3,8H,1-2H2,(H,7,9). The number of aliphatic hydroxyl groups is 1. The molecule has 0 radical (unpaired) electrons. The summed E-state index contributed by atoms with van der Waals surface area (Å²) < 4.78 is 4.65. The zero-order chi connectivity index (χ0) is 8.06. The summed E-state index contributed by atoms with van der Waals surface area (Å²) in [4.78, 5) is 21.6. The Kier molecular flexibility index (Phi) is 1.04. The van der Waals surface area contributed by atoms with Crippen LogP contribution >= 0.6 is 0 Å². The van der Waals surface area contributed by atoms with Crippen LogP contribution in [-0.2, 0) is 14.3 Å². The minimum Gasteiger partial charge on any atom is -0.457 e. The van der Waals surface area contributed by atoms with Gasteiger partial charge in [-0.1, -0.05) is 0 Å². The number of esters is 1. The van der Waals surface area contributed by atoms with E-state index in [2.05, 4.69) is 10.1 Å². The van der Waals surface area contributed by atoms with Crippen LogP contribution in [0.4, 0.5) is 0 Å². The Bertz CT molecular complexity index is 239. The molecule has 60 valence electrons. The predicted molar refractivity (Wildman–Crippen MR) is 32.5 cm³/mol. The fourth-order valence-corrected chi connectivity index (χ4v) is 1.43. The highest BCUT2D eigenvalue weighted by molar-refractivity contribution is 5.98. The van der Waals surface area contributed by atoms with Crippen molar-refractivity contribution in [2.45, 2.75) is 18.1 Å². The number of rotatable bonds is 1. The molecule has 2 saturated heterocycles. The summed E-state index contributed by atoms with van der Waals surface area (Å²) in [6.45, 7) is -0.373. The van der Waals surface area contributed by atoms with E-state index in [9.17, 15) is 9.59 Å². The van der Waals surface area contributed by atoms with Crippen molar-refractivity contribution in [3.63, 3.8) is 0 Å². The second-order valence-electron chi connectivity index (χ2n) is 2.78. The smallest absolute Gasteiger partial charge is 0.338 e. The van der Waals surface area contributed by atoms with Crippen molar-refractivity contribution >= 4 is 11.9 Å². The Morgan fingerprint density at radius 1 is 1.73 bits per heavy atom. The van der Waals surface area contributed by atoms with Crippen LogP contribution in [0.2, 0.25) is 0 Å². The van der Waals surface area contributed by atoms with Gasteiger partial charge in [0.15, 0.2) is 5.54 Å². The first-order valence-electron chi connectivity index (χ1n) is 3.32.